The van der Waals surface area contributed by atoms with Crippen molar-refractivity contribution >= 4 is 29.1 Å². The van der Waals surface area contributed by atoms with Gasteiger partial charge in [-0.15, -0.1) is 0 Å². The van der Waals surface area contributed by atoms with Crippen molar-refractivity contribution in [3.63, 3.8) is 0 Å². The van der Waals surface area contributed by atoms with Gasteiger partial charge in [-0.3, -0.25) is 14.5 Å². The van der Waals surface area contributed by atoms with E-state index in [1.807, 2.05) is 30.3 Å². The van der Waals surface area contributed by atoms with Crippen LogP contribution in [0, 0.1) is 5.92 Å². The van der Waals surface area contributed by atoms with Crippen molar-refractivity contribution in [3.8, 4) is 0 Å². The number of nitrogens with one attached hydrogen (secondary N) is 1. The van der Waals surface area contributed by atoms with E-state index in [2.05, 4.69) is 24.1 Å². The van der Waals surface area contributed by atoms with Crippen LogP contribution in [0.15, 0.2) is 48.7 Å². The van der Waals surface area contributed by atoms with E-state index in [9.17, 15) is 9.59 Å². The van der Waals surface area contributed by atoms with Crippen LogP contribution in [-0.4, -0.2) is 28.9 Å². The molecule has 1 saturated carbocycles. The molecule has 1 aliphatic rings. The summed E-state index contributed by atoms with van der Waals surface area (Å²) in [6, 6.07) is 12.2. The number of halogens is 1. The molecule has 1 atom stereocenters. The highest BCUT2D eigenvalue weighted by Gasteiger charge is 2.34. The highest BCUT2D eigenvalue weighted by atomic mass is 35.5. The molecule has 154 valence electrons. The summed E-state index contributed by atoms with van der Waals surface area (Å²) in [5.74, 6) is -0.103. The molecule has 1 aromatic carbocycles. The van der Waals surface area contributed by atoms with E-state index in [-0.39, 0.29) is 23.8 Å². The Hall–Kier alpha value is -2.40. The lowest BCUT2D eigenvalue weighted by molar-refractivity contribution is -0.123. The first kappa shape index (κ1) is 21.3. The van der Waals surface area contributed by atoms with Crippen molar-refractivity contribution in [3.05, 3.63) is 59.4 Å². The first-order valence-corrected chi connectivity index (χ1v) is 10.6. The van der Waals surface area contributed by atoms with Crippen LogP contribution in [-0.2, 0) is 4.79 Å². The standard InChI is InChI=1S/C23H28ClN3O2/c1-16(2)14-20(22(28)26-18-8-6-7-9-18)27(19-10-4-3-5-11-19)23(29)17-12-13-21(24)25-15-17/h3-5,10-13,15-16,18,20H,6-9,14H2,1-2H3,(H,26,28)/t20-/m0/s1. The van der Waals surface area contributed by atoms with Crippen LogP contribution in [0.1, 0.15) is 56.3 Å². The number of para-hydroxylation sites is 1. The Bertz CT molecular complexity index is 818. The molecule has 1 N–H and O–H groups in total. The Balaban J connectivity index is 1.96. The van der Waals surface area contributed by atoms with Crippen LogP contribution >= 0.6 is 11.6 Å². The zero-order valence-electron chi connectivity index (χ0n) is 17.0. The van der Waals surface area contributed by atoms with Gasteiger partial charge in [0.1, 0.15) is 11.2 Å². The number of anilines is 1. The second-order valence-electron chi connectivity index (χ2n) is 8.02. The fourth-order valence-corrected chi connectivity index (χ4v) is 3.92. The normalized spacial score (nSPS) is 15.3. The number of rotatable bonds is 7. The van der Waals surface area contributed by atoms with Crippen molar-refractivity contribution in [1.29, 1.82) is 0 Å². The zero-order valence-corrected chi connectivity index (χ0v) is 17.7. The van der Waals surface area contributed by atoms with Gasteiger partial charge in [0.05, 0.1) is 5.56 Å². The van der Waals surface area contributed by atoms with Gasteiger partial charge in [0.2, 0.25) is 5.91 Å². The van der Waals surface area contributed by atoms with Gasteiger partial charge in [0.25, 0.3) is 5.91 Å². The number of nitrogens with zero attached hydrogens (tertiary/aromatic N) is 2. The van der Waals surface area contributed by atoms with E-state index in [1.165, 1.54) is 6.20 Å². The van der Waals surface area contributed by atoms with E-state index in [0.29, 0.717) is 22.8 Å². The smallest absolute Gasteiger partial charge is 0.260 e. The molecule has 0 radical (unpaired) electrons. The lowest BCUT2D eigenvalue weighted by Gasteiger charge is -2.33. The zero-order chi connectivity index (χ0) is 20.8. The minimum absolute atomic E-state index is 0.0928. The topological polar surface area (TPSA) is 62.3 Å². The molecule has 3 rings (SSSR count). The minimum atomic E-state index is -0.596. The summed E-state index contributed by atoms with van der Waals surface area (Å²) in [6.45, 7) is 4.13. The lowest BCUT2D eigenvalue weighted by Crippen LogP contribution is -2.52. The molecule has 1 fully saturated rings. The van der Waals surface area contributed by atoms with Gasteiger partial charge in [0, 0.05) is 17.9 Å². The average Bonchev–Trinajstić information content (AvgIpc) is 3.21. The van der Waals surface area contributed by atoms with Crippen molar-refractivity contribution < 1.29 is 9.59 Å². The van der Waals surface area contributed by atoms with Gasteiger partial charge < -0.3 is 5.32 Å². The predicted molar refractivity (Wildman–Crippen MR) is 116 cm³/mol. The third kappa shape index (κ3) is 5.57. The molecule has 2 amide bonds. The summed E-state index contributed by atoms with van der Waals surface area (Å²) in [4.78, 5) is 32.4. The number of carbonyl (C=O) groups is 2. The monoisotopic (exact) mass is 413 g/mol. The highest BCUT2D eigenvalue weighted by molar-refractivity contribution is 6.29. The molecule has 0 aliphatic heterocycles. The highest BCUT2D eigenvalue weighted by Crippen LogP contribution is 2.25. The summed E-state index contributed by atoms with van der Waals surface area (Å²) < 4.78 is 0. The van der Waals surface area contributed by atoms with Crippen molar-refractivity contribution in [2.45, 2.75) is 58.0 Å². The molecular formula is C23H28ClN3O2. The molecule has 0 unspecified atom stereocenters. The first-order valence-electron chi connectivity index (χ1n) is 10.3. The number of carbonyl (C=O) groups excluding carboxylic acids is 2. The maximum atomic E-state index is 13.5. The largest absolute Gasteiger partial charge is 0.352 e. The van der Waals surface area contributed by atoms with Gasteiger partial charge in [-0.25, -0.2) is 4.98 Å². The van der Waals surface area contributed by atoms with Crippen LogP contribution in [0.3, 0.4) is 0 Å². The third-order valence-corrected chi connectivity index (χ3v) is 5.46. The molecule has 2 aromatic rings. The lowest BCUT2D eigenvalue weighted by atomic mass is 9.99. The summed E-state index contributed by atoms with van der Waals surface area (Å²) in [5.41, 5.74) is 1.10. The van der Waals surface area contributed by atoms with Gasteiger partial charge in [-0.05, 0) is 49.4 Å². The van der Waals surface area contributed by atoms with Crippen molar-refractivity contribution in [1.82, 2.24) is 10.3 Å². The number of hydrogen-bond acceptors (Lipinski definition) is 3. The molecule has 1 heterocycles. The van der Waals surface area contributed by atoms with Crippen LogP contribution in [0.25, 0.3) is 0 Å². The molecule has 0 spiro atoms. The van der Waals surface area contributed by atoms with Crippen molar-refractivity contribution in [2.24, 2.45) is 5.92 Å². The Morgan fingerprint density at radius 2 is 1.83 bits per heavy atom. The molecular weight excluding hydrogens is 386 g/mol. The second-order valence-corrected chi connectivity index (χ2v) is 8.40. The fourth-order valence-electron chi connectivity index (χ4n) is 3.81. The average molecular weight is 414 g/mol. The Kier molecular flexibility index (Phi) is 7.26. The number of benzene rings is 1. The predicted octanol–water partition coefficient (Wildman–Crippen LogP) is 4.86. The second kappa shape index (κ2) is 9.88. The Labute approximate surface area is 177 Å². The van der Waals surface area contributed by atoms with Gasteiger partial charge in [-0.2, -0.15) is 0 Å². The van der Waals surface area contributed by atoms with E-state index in [0.717, 1.165) is 25.7 Å². The number of hydrogen-bond donors (Lipinski definition) is 1. The summed E-state index contributed by atoms with van der Waals surface area (Å²) in [5, 5.41) is 3.50. The van der Waals surface area contributed by atoms with Gasteiger partial charge >= 0.3 is 0 Å². The van der Waals surface area contributed by atoms with Crippen LogP contribution in [0.2, 0.25) is 5.15 Å². The van der Waals surface area contributed by atoms with E-state index in [4.69, 9.17) is 11.6 Å². The van der Waals surface area contributed by atoms with E-state index >= 15 is 0 Å². The summed E-state index contributed by atoms with van der Waals surface area (Å²) >= 11 is 5.89. The van der Waals surface area contributed by atoms with Gasteiger partial charge in [0.15, 0.2) is 0 Å². The van der Waals surface area contributed by atoms with Crippen LogP contribution in [0.4, 0.5) is 5.69 Å². The minimum Gasteiger partial charge on any atom is -0.352 e. The van der Waals surface area contributed by atoms with Gasteiger partial charge in [-0.1, -0.05) is 56.5 Å². The Morgan fingerprint density at radius 3 is 2.41 bits per heavy atom. The molecule has 6 heteroatoms. The number of aromatic nitrogens is 1. The SMILES string of the molecule is CC(C)C[C@@H](C(=O)NC1CCCC1)N(C(=O)c1ccc(Cl)nc1)c1ccccc1. The molecule has 29 heavy (non-hydrogen) atoms. The summed E-state index contributed by atoms with van der Waals surface area (Å²) in [7, 11) is 0. The van der Waals surface area contributed by atoms with E-state index < -0.39 is 6.04 Å². The van der Waals surface area contributed by atoms with Crippen LogP contribution in [0.5, 0.6) is 0 Å². The fraction of sp³-hybridized carbons (Fsp3) is 0.435. The molecule has 1 aliphatic carbocycles. The molecule has 5 nitrogen and oxygen atoms in total. The molecule has 0 bridgehead atoms. The van der Waals surface area contributed by atoms with Crippen LogP contribution < -0.4 is 10.2 Å². The third-order valence-electron chi connectivity index (χ3n) is 5.24. The molecule has 0 saturated heterocycles. The quantitative estimate of drug-likeness (QED) is 0.659. The maximum absolute atomic E-state index is 13.5. The number of amides is 2. The summed E-state index contributed by atoms with van der Waals surface area (Å²) in [6.07, 6.45) is 6.30. The maximum Gasteiger partial charge on any atom is 0.260 e. The van der Waals surface area contributed by atoms with Crippen molar-refractivity contribution in [2.75, 3.05) is 4.90 Å². The number of pyridine rings is 1. The molecule has 1 aromatic heterocycles. The first-order chi connectivity index (χ1) is 14.0. The van der Waals surface area contributed by atoms with E-state index in [1.54, 1.807) is 17.0 Å². The Morgan fingerprint density at radius 1 is 1.14 bits per heavy atom.